The van der Waals surface area contributed by atoms with Crippen molar-refractivity contribution in [2.45, 2.75) is 147 Å². The van der Waals surface area contributed by atoms with E-state index in [4.69, 9.17) is 51.6 Å². The molecule has 0 aromatic heterocycles. The Morgan fingerprint density at radius 3 is 1.42 bits per heavy atom. The van der Waals surface area contributed by atoms with Gasteiger partial charge in [0.25, 0.3) is 0 Å². The second-order valence-electron chi connectivity index (χ2n) is 19.8. The van der Waals surface area contributed by atoms with Crippen LogP contribution in [0.15, 0.2) is 48.5 Å². The summed E-state index contributed by atoms with van der Waals surface area (Å²) in [6, 6.07) is 17.4. The molecule has 2 aromatic carbocycles. The summed E-state index contributed by atoms with van der Waals surface area (Å²) >= 11 is 12.1. The zero-order valence-electron chi connectivity index (χ0n) is 40.2. The lowest BCUT2D eigenvalue weighted by Crippen LogP contribution is -2.58. The molecule has 65 heavy (non-hydrogen) atoms. The number of carbonyl (C=O) groups is 2. The smallest absolute Gasteiger partial charge is 0.410 e. The van der Waals surface area contributed by atoms with Crippen molar-refractivity contribution in [2.75, 3.05) is 85.5 Å². The average Bonchev–Trinajstić information content (AvgIpc) is 3.88. The largest absolute Gasteiger partial charge is 0.444 e. The van der Waals surface area contributed by atoms with Gasteiger partial charge in [-0.3, -0.25) is 9.80 Å². The van der Waals surface area contributed by atoms with Gasteiger partial charge in [0, 0.05) is 93.3 Å². The molecular formula is C50H78Cl2N4O9. The van der Waals surface area contributed by atoms with Gasteiger partial charge in [0.1, 0.15) is 11.2 Å². The normalized spacial score (nSPS) is 24.1. The molecule has 5 aliphatic rings. The van der Waals surface area contributed by atoms with Crippen LogP contribution in [0.1, 0.15) is 98.1 Å². The Morgan fingerprint density at radius 2 is 1.06 bits per heavy atom. The van der Waals surface area contributed by atoms with Crippen LogP contribution in [-0.2, 0) is 41.3 Å². The van der Waals surface area contributed by atoms with Gasteiger partial charge in [0.05, 0.1) is 38.6 Å². The van der Waals surface area contributed by atoms with E-state index in [-0.39, 0.29) is 37.0 Å². The Kier molecular flexibility index (Phi) is 21.4. The maximum Gasteiger partial charge on any atom is 0.410 e. The van der Waals surface area contributed by atoms with E-state index in [0.29, 0.717) is 64.2 Å². The number of aliphatic hydroxyl groups is 1. The van der Waals surface area contributed by atoms with Crippen molar-refractivity contribution in [2.24, 2.45) is 0 Å². The van der Waals surface area contributed by atoms with Crippen LogP contribution in [0, 0.1) is 0 Å². The minimum Gasteiger partial charge on any atom is -0.444 e. The van der Waals surface area contributed by atoms with E-state index in [1.807, 2.05) is 77.6 Å². The summed E-state index contributed by atoms with van der Waals surface area (Å²) in [5.41, 5.74) is 1.55. The predicted molar refractivity (Wildman–Crippen MR) is 256 cm³/mol. The van der Waals surface area contributed by atoms with E-state index in [0.717, 1.165) is 81.4 Å². The molecule has 15 heteroatoms. The lowest BCUT2D eigenvalue weighted by Gasteiger charge is -2.46. The van der Waals surface area contributed by atoms with Gasteiger partial charge < -0.3 is 43.3 Å². The number of aliphatic hydroxyl groups excluding tert-OH is 1. The first-order valence-corrected chi connectivity index (χ1v) is 24.7. The number of amides is 2. The number of rotatable bonds is 10. The Bertz CT molecular complexity index is 1680. The van der Waals surface area contributed by atoms with Crippen LogP contribution < -0.4 is 0 Å². The average molecular weight is 950 g/mol. The summed E-state index contributed by atoms with van der Waals surface area (Å²) in [7, 11) is 0. The molecule has 13 nitrogen and oxygen atoms in total. The molecule has 1 N–H and O–H groups in total. The standard InChI is InChI=1S/C24H37ClN2O4.C22H33ClN2O4.C4H8O/c1-5-29-17-22-15-27(21(16-30-22)14-18-6-8-19(25)9-7-18)20-10-12-26(13-11-20)23(28)31-24(2,3)4;1-22(2,3)29-21(27)24-10-8-18(9-11-24)25-13-20(14-26)28-15-19(25)12-16-4-6-17(23)7-5-16;1-2-4-5-3-1/h6-9,20-22H,5,10-17H2,1-4H3;4-7,18-20,26H,8-15H2,1-3H3;1-4H2/t21?,22-;19?,20-;/m11./s1. The zero-order valence-corrected chi connectivity index (χ0v) is 41.7. The van der Waals surface area contributed by atoms with E-state index in [9.17, 15) is 14.7 Å². The van der Waals surface area contributed by atoms with Gasteiger partial charge in [-0.15, -0.1) is 0 Å². The van der Waals surface area contributed by atoms with Gasteiger partial charge in [0.2, 0.25) is 0 Å². The van der Waals surface area contributed by atoms with Crippen molar-refractivity contribution in [3.05, 3.63) is 69.7 Å². The molecule has 5 fully saturated rings. The van der Waals surface area contributed by atoms with E-state index in [2.05, 4.69) is 34.1 Å². The maximum atomic E-state index is 12.4. The summed E-state index contributed by atoms with van der Waals surface area (Å²) in [6.07, 6.45) is 7.53. The molecule has 5 saturated heterocycles. The fourth-order valence-electron chi connectivity index (χ4n) is 8.98. The summed E-state index contributed by atoms with van der Waals surface area (Å²) in [6.45, 7) is 22.4. The number of halogens is 2. The van der Waals surface area contributed by atoms with Crippen LogP contribution in [0.3, 0.4) is 0 Å². The summed E-state index contributed by atoms with van der Waals surface area (Å²) in [4.78, 5) is 33.5. The molecule has 7 rings (SSSR count). The number of likely N-dealkylation sites (tertiary alicyclic amines) is 2. The van der Waals surface area contributed by atoms with Gasteiger partial charge in [-0.05, 0) is 135 Å². The highest BCUT2D eigenvalue weighted by Gasteiger charge is 2.38. The summed E-state index contributed by atoms with van der Waals surface area (Å²) < 4.78 is 33.7. The highest BCUT2D eigenvalue weighted by Crippen LogP contribution is 2.28. The highest BCUT2D eigenvalue weighted by atomic mass is 35.5. The molecule has 0 bridgehead atoms. The van der Waals surface area contributed by atoms with Crippen LogP contribution in [0.4, 0.5) is 9.59 Å². The molecule has 2 unspecified atom stereocenters. The molecular weight excluding hydrogens is 871 g/mol. The monoisotopic (exact) mass is 949 g/mol. The SMILES string of the molecule is C1CCOC1.CC(C)(C)OC(=O)N1CCC(N2C[C@H](CO)OCC2Cc2ccc(Cl)cc2)CC1.CCOC[C@H]1CN(C2CCN(C(=O)OC(C)(C)C)CC2)C(Cc2ccc(Cl)cc2)CO1. The minimum atomic E-state index is -0.476. The Morgan fingerprint density at radius 1 is 0.662 bits per heavy atom. The highest BCUT2D eigenvalue weighted by molar-refractivity contribution is 6.30. The minimum absolute atomic E-state index is 0.0287. The fourth-order valence-corrected chi connectivity index (χ4v) is 9.23. The van der Waals surface area contributed by atoms with Crippen LogP contribution in [0.5, 0.6) is 0 Å². The lowest BCUT2D eigenvalue weighted by molar-refractivity contribution is -0.110. The molecule has 2 aromatic rings. The molecule has 0 aliphatic carbocycles. The van der Waals surface area contributed by atoms with Crippen molar-refractivity contribution >= 4 is 35.4 Å². The van der Waals surface area contributed by atoms with Crippen LogP contribution in [0.2, 0.25) is 10.0 Å². The number of hydrogen-bond acceptors (Lipinski definition) is 11. The Balaban J connectivity index is 0.000000220. The van der Waals surface area contributed by atoms with E-state index in [1.54, 1.807) is 4.90 Å². The molecule has 366 valence electrons. The summed E-state index contributed by atoms with van der Waals surface area (Å²) in [5, 5.41) is 11.1. The second-order valence-corrected chi connectivity index (χ2v) is 20.7. The quantitative estimate of drug-likeness (QED) is 0.247. The first kappa shape index (κ1) is 53.2. The van der Waals surface area contributed by atoms with Crippen molar-refractivity contribution in [1.29, 1.82) is 0 Å². The molecule has 0 saturated carbocycles. The molecule has 0 radical (unpaired) electrons. The van der Waals surface area contributed by atoms with E-state index in [1.165, 1.54) is 24.0 Å². The molecule has 5 heterocycles. The van der Waals surface area contributed by atoms with Crippen molar-refractivity contribution in [1.82, 2.24) is 19.6 Å². The predicted octanol–water partition coefficient (Wildman–Crippen LogP) is 8.53. The fraction of sp³-hybridized carbons (Fsp3) is 0.720. The van der Waals surface area contributed by atoms with Gasteiger partial charge in [-0.1, -0.05) is 47.5 Å². The molecule has 0 spiro atoms. The second kappa shape index (κ2) is 26.1. The molecule has 5 aliphatic heterocycles. The van der Waals surface area contributed by atoms with Crippen LogP contribution in [-0.4, -0.2) is 170 Å². The van der Waals surface area contributed by atoms with Crippen molar-refractivity contribution in [3.8, 4) is 0 Å². The van der Waals surface area contributed by atoms with Gasteiger partial charge >= 0.3 is 12.2 Å². The number of ether oxygens (including phenoxy) is 6. The number of piperidine rings is 2. The number of nitrogens with zero attached hydrogens (tertiary/aromatic N) is 4. The van der Waals surface area contributed by atoms with E-state index < -0.39 is 11.2 Å². The molecule has 4 atom stereocenters. The summed E-state index contributed by atoms with van der Waals surface area (Å²) in [5.74, 6) is 0. The van der Waals surface area contributed by atoms with Gasteiger partial charge in [-0.25, -0.2) is 9.59 Å². The number of carbonyl (C=O) groups excluding carboxylic acids is 2. The third-order valence-corrected chi connectivity index (χ3v) is 12.8. The first-order valence-electron chi connectivity index (χ1n) is 24.0. The van der Waals surface area contributed by atoms with E-state index >= 15 is 0 Å². The lowest BCUT2D eigenvalue weighted by atomic mass is 9.96. The topological polar surface area (TPSA) is 123 Å². The molecule has 2 amide bonds. The number of benzene rings is 2. The Hall–Kier alpha value is -2.72. The van der Waals surface area contributed by atoms with Gasteiger partial charge in [0.15, 0.2) is 0 Å². The Labute approximate surface area is 399 Å². The van der Waals surface area contributed by atoms with Gasteiger partial charge in [-0.2, -0.15) is 0 Å². The first-order chi connectivity index (χ1) is 31.0. The third kappa shape index (κ3) is 18.4. The van der Waals surface area contributed by atoms with Crippen molar-refractivity contribution < 1.29 is 43.1 Å². The number of morpholine rings is 2. The van der Waals surface area contributed by atoms with Crippen LogP contribution >= 0.6 is 23.2 Å². The number of hydrogen-bond donors (Lipinski definition) is 1. The van der Waals surface area contributed by atoms with Crippen molar-refractivity contribution in [3.63, 3.8) is 0 Å². The maximum absolute atomic E-state index is 12.4. The zero-order chi connectivity index (χ0) is 47.0. The van der Waals surface area contributed by atoms with Crippen LogP contribution in [0.25, 0.3) is 0 Å². The third-order valence-electron chi connectivity index (χ3n) is 12.3.